The van der Waals surface area contributed by atoms with Crippen LogP contribution < -0.4 is 5.73 Å². The maximum absolute atomic E-state index is 6.39. The summed E-state index contributed by atoms with van der Waals surface area (Å²) in [5, 5.41) is 8.15. The van der Waals surface area contributed by atoms with Gasteiger partial charge in [-0.25, -0.2) is 4.68 Å². The van der Waals surface area contributed by atoms with Gasteiger partial charge in [0.15, 0.2) is 0 Å². The molecule has 0 aliphatic heterocycles. The van der Waals surface area contributed by atoms with Crippen molar-refractivity contribution >= 4 is 22.6 Å². The van der Waals surface area contributed by atoms with E-state index in [-0.39, 0.29) is 6.04 Å². The molecule has 1 heterocycles. The molecule has 20 heavy (non-hydrogen) atoms. The Morgan fingerprint density at radius 3 is 2.45 bits per heavy atom. The predicted molar refractivity (Wildman–Crippen MR) is 86.5 cm³/mol. The molecule has 100 valence electrons. The second-order valence-electron chi connectivity index (χ2n) is 4.41. The Balaban J connectivity index is 2.04. The Morgan fingerprint density at radius 2 is 1.70 bits per heavy atom. The maximum Gasteiger partial charge on any atom is 0.0858 e. The molecule has 3 rings (SSSR count). The molecule has 0 aliphatic rings. The van der Waals surface area contributed by atoms with Gasteiger partial charge in [-0.3, -0.25) is 0 Å². The zero-order valence-corrected chi connectivity index (χ0v) is 12.8. The van der Waals surface area contributed by atoms with Gasteiger partial charge < -0.3 is 5.73 Å². The van der Waals surface area contributed by atoms with Crippen LogP contribution in [0.2, 0.25) is 0 Å². The molecule has 2 N–H and O–H groups in total. The van der Waals surface area contributed by atoms with Crippen molar-refractivity contribution in [2.45, 2.75) is 6.04 Å². The summed E-state index contributed by atoms with van der Waals surface area (Å²) >= 11 is 2.30. The maximum atomic E-state index is 6.39. The molecule has 1 unspecified atom stereocenters. The molecule has 0 fully saturated rings. The van der Waals surface area contributed by atoms with Crippen LogP contribution in [-0.4, -0.2) is 15.0 Å². The number of rotatable bonds is 3. The summed E-state index contributed by atoms with van der Waals surface area (Å²) in [4.78, 5) is 0. The summed E-state index contributed by atoms with van der Waals surface area (Å²) in [5.41, 5.74) is 9.31. The van der Waals surface area contributed by atoms with E-state index in [1.54, 1.807) is 10.9 Å². The molecule has 0 saturated carbocycles. The van der Waals surface area contributed by atoms with E-state index in [1.807, 2.05) is 54.6 Å². The van der Waals surface area contributed by atoms with Crippen molar-refractivity contribution in [2.24, 2.45) is 5.73 Å². The lowest BCUT2D eigenvalue weighted by Gasteiger charge is -2.15. The predicted octanol–water partition coefficient (Wildman–Crippen LogP) is 2.92. The molecule has 3 aromatic rings. The highest BCUT2D eigenvalue weighted by atomic mass is 127. The molecule has 0 bridgehead atoms. The van der Waals surface area contributed by atoms with Crippen LogP contribution in [0.25, 0.3) is 5.69 Å². The number of nitrogens with zero attached hydrogens (tertiary/aromatic N) is 3. The average Bonchev–Trinajstić information content (AvgIpc) is 2.97. The van der Waals surface area contributed by atoms with Crippen LogP contribution in [0.5, 0.6) is 0 Å². The van der Waals surface area contributed by atoms with Gasteiger partial charge in [0.25, 0.3) is 0 Å². The van der Waals surface area contributed by atoms with Crippen LogP contribution in [0.1, 0.15) is 17.3 Å². The van der Waals surface area contributed by atoms with Crippen molar-refractivity contribution in [1.82, 2.24) is 15.0 Å². The summed E-state index contributed by atoms with van der Waals surface area (Å²) in [7, 11) is 0. The minimum atomic E-state index is -0.252. The summed E-state index contributed by atoms with van der Waals surface area (Å²) in [6.07, 6.45) is 1.72. The van der Waals surface area contributed by atoms with Crippen molar-refractivity contribution < 1.29 is 0 Å². The molecule has 4 nitrogen and oxygen atoms in total. The zero-order valence-electron chi connectivity index (χ0n) is 10.6. The quantitative estimate of drug-likeness (QED) is 0.716. The molecular weight excluding hydrogens is 363 g/mol. The Morgan fingerprint density at radius 1 is 1.00 bits per heavy atom. The van der Waals surface area contributed by atoms with Crippen molar-refractivity contribution in [3.05, 3.63) is 75.6 Å². The lowest BCUT2D eigenvalue weighted by Crippen LogP contribution is -2.17. The number of hydrogen-bond acceptors (Lipinski definition) is 3. The van der Waals surface area contributed by atoms with E-state index in [0.717, 1.165) is 20.5 Å². The highest BCUT2D eigenvalue weighted by Gasteiger charge is 2.17. The largest absolute Gasteiger partial charge is 0.319 e. The third-order valence-corrected chi connectivity index (χ3v) is 4.12. The Labute approximate surface area is 130 Å². The molecule has 2 aromatic carbocycles. The van der Waals surface area contributed by atoms with Crippen LogP contribution in [0, 0.1) is 3.57 Å². The molecule has 0 saturated heterocycles. The summed E-state index contributed by atoms with van der Waals surface area (Å²) in [5.74, 6) is 0. The van der Waals surface area contributed by atoms with Gasteiger partial charge in [0, 0.05) is 3.57 Å². The molecule has 1 atom stereocenters. The molecule has 0 amide bonds. The molecule has 0 aliphatic carbocycles. The molecule has 0 radical (unpaired) electrons. The van der Waals surface area contributed by atoms with Crippen molar-refractivity contribution in [1.29, 1.82) is 0 Å². The van der Waals surface area contributed by atoms with Crippen LogP contribution in [0.3, 0.4) is 0 Å². The van der Waals surface area contributed by atoms with E-state index < -0.39 is 0 Å². The first-order chi connectivity index (χ1) is 9.77. The monoisotopic (exact) mass is 376 g/mol. The highest BCUT2D eigenvalue weighted by molar-refractivity contribution is 14.1. The first-order valence-corrected chi connectivity index (χ1v) is 7.31. The van der Waals surface area contributed by atoms with Crippen molar-refractivity contribution in [2.75, 3.05) is 0 Å². The topological polar surface area (TPSA) is 56.7 Å². The van der Waals surface area contributed by atoms with Gasteiger partial charge in [-0.05, 0) is 46.4 Å². The van der Waals surface area contributed by atoms with E-state index in [0.29, 0.717) is 0 Å². The summed E-state index contributed by atoms with van der Waals surface area (Å²) < 4.78 is 2.92. The minimum Gasteiger partial charge on any atom is -0.319 e. The average molecular weight is 376 g/mol. The van der Waals surface area contributed by atoms with Gasteiger partial charge in [0.1, 0.15) is 0 Å². The van der Waals surface area contributed by atoms with Crippen LogP contribution in [0.4, 0.5) is 0 Å². The zero-order chi connectivity index (χ0) is 13.9. The lowest BCUT2D eigenvalue weighted by atomic mass is 10.1. The van der Waals surface area contributed by atoms with Crippen molar-refractivity contribution in [3.63, 3.8) is 0 Å². The third-order valence-electron chi connectivity index (χ3n) is 3.14. The summed E-state index contributed by atoms with van der Waals surface area (Å²) in [6, 6.07) is 17.7. The van der Waals surface area contributed by atoms with E-state index in [2.05, 4.69) is 32.9 Å². The SMILES string of the molecule is NC(c1ccccc1I)c1cnnn1-c1ccccc1. The van der Waals surface area contributed by atoms with Crippen LogP contribution >= 0.6 is 22.6 Å². The number of benzene rings is 2. The van der Waals surface area contributed by atoms with Crippen LogP contribution in [-0.2, 0) is 0 Å². The normalized spacial score (nSPS) is 12.3. The Hall–Kier alpha value is -1.73. The number of nitrogens with two attached hydrogens (primary N) is 1. The fourth-order valence-corrected chi connectivity index (χ4v) is 2.83. The Kier molecular flexibility index (Phi) is 3.79. The fraction of sp³-hybridized carbons (Fsp3) is 0.0667. The van der Waals surface area contributed by atoms with Gasteiger partial charge in [0.05, 0.1) is 23.6 Å². The van der Waals surface area contributed by atoms with Gasteiger partial charge in [-0.15, -0.1) is 5.10 Å². The van der Waals surface area contributed by atoms with Gasteiger partial charge in [-0.1, -0.05) is 41.6 Å². The Bertz CT molecular complexity index is 709. The second kappa shape index (κ2) is 5.72. The van der Waals surface area contributed by atoms with Gasteiger partial charge in [-0.2, -0.15) is 0 Å². The molecule has 1 aromatic heterocycles. The minimum absolute atomic E-state index is 0.252. The first-order valence-electron chi connectivity index (χ1n) is 6.23. The first kappa shape index (κ1) is 13.3. The van der Waals surface area contributed by atoms with E-state index in [4.69, 9.17) is 5.73 Å². The number of aromatic nitrogens is 3. The third kappa shape index (κ3) is 2.46. The summed E-state index contributed by atoms with van der Waals surface area (Å²) in [6.45, 7) is 0. The van der Waals surface area contributed by atoms with Gasteiger partial charge >= 0.3 is 0 Å². The fourth-order valence-electron chi connectivity index (χ4n) is 2.11. The number of halogens is 1. The van der Waals surface area contributed by atoms with Crippen LogP contribution in [0.15, 0.2) is 60.8 Å². The molecule has 5 heteroatoms. The standard InChI is InChI=1S/C15H13IN4/c16-13-9-5-4-8-12(13)15(17)14-10-18-19-20(14)11-6-2-1-3-7-11/h1-10,15H,17H2. The highest BCUT2D eigenvalue weighted by Crippen LogP contribution is 2.24. The molecular formula is C15H13IN4. The lowest BCUT2D eigenvalue weighted by molar-refractivity contribution is 0.718. The van der Waals surface area contributed by atoms with E-state index in [1.165, 1.54) is 0 Å². The van der Waals surface area contributed by atoms with E-state index >= 15 is 0 Å². The van der Waals surface area contributed by atoms with E-state index in [9.17, 15) is 0 Å². The smallest absolute Gasteiger partial charge is 0.0858 e. The number of para-hydroxylation sites is 1. The van der Waals surface area contributed by atoms with Crippen molar-refractivity contribution in [3.8, 4) is 5.69 Å². The van der Waals surface area contributed by atoms with Gasteiger partial charge in [0.2, 0.25) is 0 Å². The molecule has 0 spiro atoms. The second-order valence-corrected chi connectivity index (χ2v) is 5.57. The number of hydrogen-bond donors (Lipinski definition) is 1.